The molecule has 0 aliphatic rings. The van der Waals surface area contributed by atoms with Gasteiger partial charge >= 0.3 is 5.97 Å². The van der Waals surface area contributed by atoms with Crippen LogP contribution in [-0.4, -0.2) is 18.5 Å². The zero-order chi connectivity index (χ0) is 17.9. The molecule has 24 heavy (non-hydrogen) atoms. The maximum Gasteiger partial charge on any atom is 0.341 e. The van der Waals surface area contributed by atoms with Crippen molar-refractivity contribution >= 4 is 39.8 Å². The Labute approximate surface area is 150 Å². The predicted octanol–water partition coefficient (Wildman–Crippen LogP) is 5.15. The summed E-state index contributed by atoms with van der Waals surface area (Å²) in [4.78, 5) is 25.5. The molecule has 4 nitrogen and oxygen atoms in total. The van der Waals surface area contributed by atoms with Crippen molar-refractivity contribution in [3.8, 4) is 11.1 Å². The normalized spacial score (nSPS) is 10.8. The number of benzene rings is 1. The van der Waals surface area contributed by atoms with E-state index in [9.17, 15) is 9.59 Å². The van der Waals surface area contributed by atoms with Crippen molar-refractivity contribution < 1.29 is 14.3 Å². The Bertz CT molecular complexity index is 750. The molecule has 0 atom stereocenters. The quantitative estimate of drug-likeness (QED) is 0.745. The van der Waals surface area contributed by atoms with Gasteiger partial charge in [0.25, 0.3) is 0 Å². The maximum absolute atomic E-state index is 12.5. The number of hydrogen-bond acceptors (Lipinski definition) is 4. The van der Waals surface area contributed by atoms with E-state index in [0.29, 0.717) is 15.6 Å². The number of carbonyl (C=O) groups excluding carboxylic acids is 2. The van der Waals surface area contributed by atoms with Gasteiger partial charge in [0.15, 0.2) is 0 Å². The van der Waals surface area contributed by atoms with Crippen molar-refractivity contribution in [3.63, 3.8) is 0 Å². The fourth-order valence-corrected chi connectivity index (χ4v) is 3.44. The molecule has 0 radical (unpaired) electrons. The third-order valence-corrected chi connectivity index (χ3v) is 4.73. The van der Waals surface area contributed by atoms with E-state index in [1.54, 1.807) is 32.9 Å². The van der Waals surface area contributed by atoms with Crippen molar-refractivity contribution in [2.75, 3.05) is 11.9 Å². The molecule has 0 bridgehead atoms. The van der Waals surface area contributed by atoms with Gasteiger partial charge in [-0.3, -0.25) is 4.79 Å². The number of amides is 1. The third-order valence-electron chi connectivity index (χ3n) is 3.46. The topological polar surface area (TPSA) is 55.4 Å². The molecule has 0 aliphatic carbocycles. The third kappa shape index (κ3) is 3.97. The van der Waals surface area contributed by atoms with Crippen LogP contribution in [0.25, 0.3) is 11.1 Å². The lowest BCUT2D eigenvalue weighted by Crippen LogP contribution is -2.19. The smallest absolute Gasteiger partial charge is 0.341 e. The first-order valence-electron chi connectivity index (χ1n) is 7.72. The highest BCUT2D eigenvalue weighted by Crippen LogP contribution is 2.40. The van der Waals surface area contributed by atoms with Crippen LogP contribution in [0.5, 0.6) is 0 Å². The summed E-state index contributed by atoms with van der Waals surface area (Å²) in [5.41, 5.74) is 2.03. The molecule has 0 saturated carbocycles. The number of nitrogens with one attached hydrogen (secondary N) is 1. The Morgan fingerprint density at radius 1 is 1.25 bits per heavy atom. The first kappa shape index (κ1) is 18.5. The van der Waals surface area contributed by atoms with Gasteiger partial charge in [0.1, 0.15) is 10.6 Å². The predicted molar refractivity (Wildman–Crippen MR) is 98.9 cm³/mol. The molecular formula is C18H20ClNO3S. The summed E-state index contributed by atoms with van der Waals surface area (Å²) in [6, 6.07) is 7.26. The van der Waals surface area contributed by atoms with Gasteiger partial charge in [-0.25, -0.2) is 4.79 Å². The molecule has 0 unspecified atom stereocenters. The Morgan fingerprint density at radius 3 is 2.42 bits per heavy atom. The Balaban J connectivity index is 2.57. The summed E-state index contributed by atoms with van der Waals surface area (Å²) in [6.45, 7) is 7.55. The number of anilines is 1. The first-order valence-corrected chi connectivity index (χ1v) is 8.91. The highest BCUT2D eigenvalue weighted by Gasteiger charge is 2.25. The zero-order valence-corrected chi connectivity index (χ0v) is 15.7. The molecule has 1 aromatic carbocycles. The summed E-state index contributed by atoms with van der Waals surface area (Å²) in [5.74, 6) is -0.753. The highest BCUT2D eigenvalue weighted by atomic mass is 35.5. The van der Waals surface area contributed by atoms with Crippen LogP contribution in [0.2, 0.25) is 5.02 Å². The van der Waals surface area contributed by atoms with Crippen LogP contribution in [0.15, 0.2) is 24.3 Å². The molecule has 0 aliphatic heterocycles. The van der Waals surface area contributed by atoms with Crippen LogP contribution in [0.3, 0.4) is 0 Å². The maximum atomic E-state index is 12.5. The number of carbonyl (C=O) groups is 2. The van der Waals surface area contributed by atoms with Gasteiger partial charge in [-0.1, -0.05) is 37.6 Å². The van der Waals surface area contributed by atoms with E-state index in [2.05, 4.69) is 5.32 Å². The van der Waals surface area contributed by atoms with Gasteiger partial charge < -0.3 is 10.1 Å². The standard InChI is InChI=1S/C18H20ClNO3S/c1-5-23-18(22)15-14(12-6-8-13(19)9-7-12)11(4)24-17(15)20-16(21)10(2)3/h6-10H,5H2,1-4H3,(H,20,21). The van der Waals surface area contributed by atoms with E-state index in [-0.39, 0.29) is 18.4 Å². The molecular weight excluding hydrogens is 346 g/mol. The van der Waals surface area contributed by atoms with Crippen LogP contribution in [0.1, 0.15) is 36.0 Å². The summed E-state index contributed by atoms with van der Waals surface area (Å²) >= 11 is 7.33. The first-order chi connectivity index (χ1) is 11.3. The molecule has 1 N–H and O–H groups in total. The summed E-state index contributed by atoms with van der Waals surface area (Å²) in [5, 5.41) is 3.99. The van der Waals surface area contributed by atoms with Crippen LogP contribution in [0, 0.1) is 12.8 Å². The zero-order valence-electron chi connectivity index (χ0n) is 14.1. The van der Waals surface area contributed by atoms with Gasteiger partial charge in [-0.2, -0.15) is 0 Å². The lowest BCUT2D eigenvalue weighted by molar-refractivity contribution is -0.118. The lowest BCUT2D eigenvalue weighted by Gasteiger charge is -2.10. The summed E-state index contributed by atoms with van der Waals surface area (Å²) in [6.07, 6.45) is 0. The molecule has 1 amide bonds. The van der Waals surface area contributed by atoms with Gasteiger partial charge in [0, 0.05) is 21.4 Å². The molecule has 0 spiro atoms. The number of ether oxygens (including phenoxy) is 1. The van der Waals surface area contributed by atoms with Gasteiger partial charge in [0.05, 0.1) is 6.61 Å². The SMILES string of the molecule is CCOC(=O)c1c(NC(=O)C(C)C)sc(C)c1-c1ccc(Cl)cc1. The number of halogens is 1. The Hall–Kier alpha value is -1.85. The number of esters is 1. The number of thiophene rings is 1. The summed E-state index contributed by atoms with van der Waals surface area (Å²) < 4.78 is 5.20. The van der Waals surface area contributed by atoms with Crippen LogP contribution < -0.4 is 5.32 Å². The molecule has 6 heteroatoms. The molecule has 2 aromatic rings. The van der Waals surface area contributed by atoms with Crippen molar-refractivity contribution in [2.24, 2.45) is 5.92 Å². The van der Waals surface area contributed by atoms with E-state index < -0.39 is 5.97 Å². The Morgan fingerprint density at radius 2 is 1.88 bits per heavy atom. The lowest BCUT2D eigenvalue weighted by atomic mass is 10.0. The second-order valence-electron chi connectivity index (χ2n) is 5.61. The van der Waals surface area contributed by atoms with Gasteiger partial charge in [0.2, 0.25) is 5.91 Å². The Kier molecular flexibility index (Phi) is 6.02. The fourth-order valence-electron chi connectivity index (χ4n) is 2.25. The number of rotatable bonds is 5. The monoisotopic (exact) mass is 365 g/mol. The molecule has 1 heterocycles. The fraction of sp³-hybridized carbons (Fsp3) is 0.333. The highest BCUT2D eigenvalue weighted by molar-refractivity contribution is 7.17. The second-order valence-corrected chi connectivity index (χ2v) is 7.27. The molecule has 1 aromatic heterocycles. The van der Waals surface area contributed by atoms with Crippen LogP contribution in [-0.2, 0) is 9.53 Å². The second kappa shape index (κ2) is 7.81. The molecule has 2 rings (SSSR count). The largest absolute Gasteiger partial charge is 0.462 e. The van der Waals surface area contributed by atoms with Gasteiger partial charge in [-0.15, -0.1) is 11.3 Å². The minimum absolute atomic E-state index is 0.135. The van der Waals surface area contributed by atoms with E-state index in [4.69, 9.17) is 16.3 Å². The van der Waals surface area contributed by atoms with E-state index >= 15 is 0 Å². The molecule has 128 valence electrons. The minimum atomic E-state index is -0.439. The van der Waals surface area contributed by atoms with Crippen molar-refractivity contribution in [2.45, 2.75) is 27.7 Å². The minimum Gasteiger partial charge on any atom is -0.462 e. The van der Waals surface area contributed by atoms with Crippen molar-refractivity contribution in [1.29, 1.82) is 0 Å². The van der Waals surface area contributed by atoms with Crippen molar-refractivity contribution in [3.05, 3.63) is 39.7 Å². The summed E-state index contributed by atoms with van der Waals surface area (Å²) in [7, 11) is 0. The van der Waals surface area contributed by atoms with E-state index in [1.807, 2.05) is 19.1 Å². The average Bonchev–Trinajstić information content (AvgIpc) is 2.84. The molecule has 0 saturated heterocycles. The van der Waals surface area contributed by atoms with Crippen LogP contribution >= 0.6 is 22.9 Å². The van der Waals surface area contributed by atoms with E-state index in [0.717, 1.165) is 16.0 Å². The average molecular weight is 366 g/mol. The van der Waals surface area contributed by atoms with Crippen LogP contribution in [0.4, 0.5) is 5.00 Å². The number of aryl methyl sites for hydroxylation is 1. The van der Waals surface area contributed by atoms with Gasteiger partial charge in [-0.05, 0) is 31.5 Å². The number of hydrogen-bond donors (Lipinski definition) is 1. The van der Waals surface area contributed by atoms with E-state index in [1.165, 1.54) is 11.3 Å². The molecule has 0 fully saturated rings. The van der Waals surface area contributed by atoms with Crippen molar-refractivity contribution in [1.82, 2.24) is 0 Å².